The van der Waals surface area contributed by atoms with E-state index in [1.54, 1.807) is 33.3 Å². The van der Waals surface area contributed by atoms with Gasteiger partial charge >= 0.3 is 5.97 Å². The topological polar surface area (TPSA) is 153 Å². The lowest BCUT2D eigenvalue weighted by Crippen LogP contribution is -2.58. The summed E-state index contributed by atoms with van der Waals surface area (Å²) in [5, 5.41) is 23.8. The van der Waals surface area contributed by atoms with Gasteiger partial charge in [0.25, 0.3) is 0 Å². The fourth-order valence-corrected chi connectivity index (χ4v) is 10.5. The fraction of sp³-hybridized carbons (Fsp3) is 0.784. The summed E-state index contributed by atoms with van der Waals surface area (Å²) < 4.78 is 64.8. The van der Waals surface area contributed by atoms with Crippen molar-refractivity contribution in [2.45, 2.75) is 192 Å². The third-order valence-corrected chi connectivity index (χ3v) is 14.3. The van der Waals surface area contributed by atoms with Gasteiger partial charge in [0.1, 0.15) is 35.9 Å². The van der Waals surface area contributed by atoms with Gasteiger partial charge in [0.2, 0.25) is 0 Å². The van der Waals surface area contributed by atoms with Crippen molar-refractivity contribution in [2.75, 3.05) is 41.5 Å². The lowest BCUT2D eigenvalue weighted by Gasteiger charge is -2.48. The second-order valence-corrected chi connectivity index (χ2v) is 20.2. The number of allylic oxidation sites excluding steroid dienone is 2. The number of carbonyl (C=O) groups excluding carboxylic acids is 1. The zero-order chi connectivity index (χ0) is 47.4. The maximum absolute atomic E-state index is 14.4. The van der Waals surface area contributed by atoms with E-state index in [2.05, 4.69) is 51.7 Å². The number of aliphatic hydroxyl groups excluding tert-OH is 1. The predicted molar refractivity (Wildman–Crippen MR) is 246 cm³/mol. The van der Waals surface area contributed by atoms with Gasteiger partial charge in [-0.15, -0.1) is 0 Å². The average molecular weight is 916 g/mol. The predicted octanol–water partition coefficient (Wildman–Crippen LogP) is 6.58. The van der Waals surface area contributed by atoms with Crippen molar-refractivity contribution in [3.05, 3.63) is 59.3 Å². The molecular formula is C51H81NO13. The molecule has 0 aromatic heterocycles. The van der Waals surface area contributed by atoms with Crippen LogP contribution in [0.1, 0.15) is 101 Å². The van der Waals surface area contributed by atoms with Gasteiger partial charge < -0.3 is 62.5 Å². The van der Waals surface area contributed by atoms with Gasteiger partial charge in [-0.3, -0.25) is 4.79 Å². The van der Waals surface area contributed by atoms with Gasteiger partial charge in [-0.05, 0) is 83.8 Å². The van der Waals surface area contributed by atoms with E-state index in [9.17, 15) is 15.0 Å². The Morgan fingerprint density at radius 2 is 1.75 bits per heavy atom. The molecule has 368 valence electrons. The highest BCUT2D eigenvalue weighted by molar-refractivity contribution is 5.78. The monoisotopic (exact) mass is 916 g/mol. The van der Waals surface area contributed by atoms with Crippen LogP contribution in [-0.4, -0.2) is 154 Å². The van der Waals surface area contributed by atoms with Crippen LogP contribution in [0.15, 0.2) is 59.3 Å². The molecule has 0 saturated carbocycles. The summed E-state index contributed by atoms with van der Waals surface area (Å²) in [4.78, 5) is 16.5. The third-order valence-electron chi connectivity index (χ3n) is 14.3. The lowest BCUT2D eigenvalue weighted by molar-refractivity contribution is -0.302. The molecule has 4 unspecified atom stereocenters. The summed E-state index contributed by atoms with van der Waals surface area (Å²) in [6.07, 6.45) is 10.6. The van der Waals surface area contributed by atoms with Crippen molar-refractivity contribution >= 4 is 5.97 Å². The van der Waals surface area contributed by atoms with E-state index in [4.69, 9.17) is 47.4 Å². The Labute approximate surface area is 388 Å². The molecular weight excluding hydrogens is 835 g/mol. The van der Waals surface area contributed by atoms with E-state index in [-0.39, 0.29) is 54.9 Å². The van der Waals surface area contributed by atoms with Crippen molar-refractivity contribution in [1.29, 1.82) is 0 Å². The first kappa shape index (κ1) is 52.1. The van der Waals surface area contributed by atoms with Crippen LogP contribution < -0.4 is 0 Å². The molecule has 1 aliphatic carbocycles. The van der Waals surface area contributed by atoms with Crippen LogP contribution in [0, 0.1) is 23.7 Å². The molecule has 2 N–H and O–H groups in total. The number of methoxy groups -OCH3 is 2. The highest BCUT2D eigenvalue weighted by Crippen LogP contribution is 2.47. The van der Waals surface area contributed by atoms with Crippen LogP contribution in [0.2, 0.25) is 0 Å². The first-order valence-corrected chi connectivity index (χ1v) is 24.1. The SMILES string of the molecule is CCC(C)[C@H]1O[C@]2(C=C[C@@H]1C)C[C@@H]1C[C@@H](C/C=C(\C)[C@@H](OC3C[C@H](OC)[C@@H](OC(C[C@@H](CN(C)C)OC)OC(C)C)[C@H](C)O3)C(C)/C=C/C=C3\CO[C@@H]4[C@H](O)C(C)=C[C@@H](C(=O)O1)[C@]34O)O2. The van der Waals surface area contributed by atoms with E-state index >= 15 is 0 Å². The molecule has 6 aliphatic rings. The molecule has 3 saturated heterocycles. The minimum atomic E-state index is -1.83. The standard InChI is InChI=1S/C51H81NO13/c1-14-30(4)46-33(7)20-21-50(65-46)26-38-23-37(64-50)19-18-32(6)45(31(5)16-15-17-36-28-58-48-44(53)34(8)22-40(49(54)61-38)51(36,48)55)62-43-25-41(57-13)47(35(9)60-43)63-42(59-29(2)3)24-39(56-12)27-52(10)11/h15-18,20-22,29-31,33,35,37-48,53,55H,14,19,23-28H2,1-13H3/b16-15+,32-18+,36-17+/t30?,31?,33-,35-,37+,38-,39-,40-,41-,42?,43?,44+,45-,46+,47-,48+,50+,51+/m0/s1. The number of nitrogens with zero attached hydrogens (tertiary/aromatic N) is 1. The molecule has 5 heterocycles. The van der Waals surface area contributed by atoms with Gasteiger partial charge in [-0.2, -0.15) is 0 Å². The Bertz CT molecular complexity index is 1740. The fourth-order valence-electron chi connectivity index (χ4n) is 10.5. The van der Waals surface area contributed by atoms with Crippen molar-refractivity contribution in [3.63, 3.8) is 0 Å². The van der Waals surface area contributed by atoms with Crippen molar-refractivity contribution < 1.29 is 62.4 Å². The Balaban J connectivity index is 1.30. The number of hydrogen-bond acceptors (Lipinski definition) is 14. The van der Waals surface area contributed by atoms with Crippen LogP contribution in [0.25, 0.3) is 0 Å². The van der Waals surface area contributed by atoms with E-state index in [0.717, 1.165) is 18.5 Å². The number of carbonyl (C=O) groups is 1. The Hall–Kier alpha value is -2.31. The maximum Gasteiger partial charge on any atom is 0.316 e. The first-order chi connectivity index (χ1) is 30.8. The normalized spacial score (nSPS) is 42.6. The molecule has 3 fully saturated rings. The van der Waals surface area contributed by atoms with Gasteiger partial charge in [0.05, 0.1) is 49.3 Å². The van der Waals surface area contributed by atoms with Crippen molar-refractivity contribution in [3.8, 4) is 0 Å². The van der Waals surface area contributed by atoms with E-state index in [1.807, 2.05) is 53.1 Å². The zero-order valence-corrected chi connectivity index (χ0v) is 41.3. The Morgan fingerprint density at radius 1 is 1.00 bits per heavy atom. The minimum absolute atomic E-state index is 0.0390. The Kier molecular flexibility index (Phi) is 18.0. The molecule has 0 aromatic rings. The molecule has 1 spiro atoms. The summed E-state index contributed by atoms with van der Waals surface area (Å²) >= 11 is 0. The molecule has 0 radical (unpaired) electrons. The second-order valence-electron chi connectivity index (χ2n) is 20.2. The molecule has 5 aliphatic heterocycles. The van der Waals surface area contributed by atoms with Gasteiger partial charge in [0, 0.05) is 58.3 Å². The van der Waals surface area contributed by atoms with E-state index in [1.165, 1.54) is 0 Å². The summed E-state index contributed by atoms with van der Waals surface area (Å²) in [7, 11) is 7.42. The number of aliphatic hydroxyl groups is 2. The molecule has 0 aromatic carbocycles. The number of rotatable bonds is 14. The van der Waals surface area contributed by atoms with Crippen molar-refractivity contribution in [2.24, 2.45) is 23.7 Å². The van der Waals surface area contributed by atoms with Crippen molar-refractivity contribution in [1.82, 2.24) is 4.90 Å². The number of likely N-dealkylation sites (N-methyl/N-ethyl adjacent to an activating group) is 1. The Morgan fingerprint density at radius 3 is 2.43 bits per heavy atom. The quantitative estimate of drug-likeness (QED) is 0.110. The molecule has 18 atom stereocenters. The highest BCUT2D eigenvalue weighted by Gasteiger charge is 2.60. The maximum atomic E-state index is 14.4. The van der Waals surface area contributed by atoms with Crippen LogP contribution in [-0.2, 0) is 52.2 Å². The summed E-state index contributed by atoms with van der Waals surface area (Å²) in [6, 6.07) is 0. The molecule has 2 bridgehead atoms. The van der Waals surface area contributed by atoms with Crippen LogP contribution in [0.3, 0.4) is 0 Å². The smallest absolute Gasteiger partial charge is 0.316 e. The summed E-state index contributed by atoms with van der Waals surface area (Å²) in [5.41, 5.74) is 0.172. The van der Waals surface area contributed by atoms with Crippen LogP contribution in [0.4, 0.5) is 0 Å². The zero-order valence-electron chi connectivity index (χ0n) is 41.3. The third kappa shape index (κ3) is 12.1. The summed E-state index contributed by atoms with van der Waals surface area (Å²) in [6.45, 7) is 19.1. The largest absolute Gasteiger partial charge is 0.462 e. The molecule has 6 rings (SSSR count). The average Bonchev–Trinajstić information content (AvgIpc) is 3.59. The molecule has 14 nitrogen and oxygen atoms in total. The molecule has 14 heteroatoms. The van der Waals surface area contributed by atoms with E-state index < -0.39 is 72.5 Å². The minimum Gasteiger partial charge on any atom is -0.462 e. The number of hydrogen-bond donors (Lipinski definition) is 2. The van der Waals surface area contributed by atoms with Gasteiger partial charge in [-0.25, -0.2) is 0 Å². The number of esters is 1. The number of fused-ring (bicyclic) bond motifs is 2. The first-order valence-electron chi connectivity index (χ1n) is 24.1. The second kappa shape index (κ2) is 22.4. The lowest BCUT2D eigenvalue weighted by atomic mass is 9.71. The van der Waals surface area contributed by atoms with Gasteiger partial charge in [-0.1, -0.05) is 70.6 Å². The van der Waals surface area contributed by atoms with Gasteiger partial charge in [0.15, 0.2) is 18.4 Å². The van der Waals surface area contributed by atoms with Crippen LogP contribution in [0.5, 0.6) is 0 Å². The number of ether oxygens (including phenoxy) is 10. The van der Waals surface area contributed by atoms with E-state index in [0.29, 0.717) is 43.3 Å². The molecule has 65 heavy (non-hydrogen) atoms. The van der Waals surface area contributed by atoms with Crippen LogP contribution >= 0.6 is 0 Å². The highest BCUT2D eigenvalue weighted by atomic mass is 16.7. The molecule has 0 amide bonds. The summed E-state index contributed by atoms with van der Waals surface area (Å²) in [5.74, 6) is -2.53.